The fourth-order valence-electron chi connectivity index (χ4n) is 12.4. The second-order valence-corrected chi connectivity index (χ2v) is 18.2. The van der Waals surface area contributed by atoms with E-state index in [1.807, 2.05) is 0 Å². The van der Waals surface area contributed by atoms with Gasteiger partial charge in [-0.2, -0.15) is 0 Å². The molecule has 0 spiro atoms. The Morgan fingerprint density at radius 2 is 1.54 bits per heavy atom. The summed E-state index contributed by atoms with van der Waals surface area (Å²) in [5.74, 6) is -0.0251. The van der Waals surface area contributed by atoms with Crippen molar-refractivity contribution < 1.29 is 64.2 Å². The summed E-state index contributed by atoms with van der Waals surface area (Å²) >= 11 is 0. The first-order chi connectivity index (χ1) is 24.5. The molecule has 2 aliphatic heterocycles. The molecule has 0 aromatic heterocycles. The quantitative estimate of drug-likeness (QED) is 0.153. The highest BCUT2D eigenvalue weighted by Gasteiger charge is 2.70. The molecule has 0 amide bonds. The summed E-state index contributed by atoms with van der Waals surface area (Å²) in [6, 6.07) is 0. The van der Waals surface area contributed by atoms with Crippen molar-refractivity contribution in [2.75, 3.05) is 27.4 Å². The minimum absolute atomic E-state index is 0.0380. The molecule has 11 unspecified atom stereocenters. The molecule has 0 radical (unpaired) electrons. The summed E-state index contributed by atoms with van der Waals surface area (Å²) in [4.78, 5) is 0. The van der Waals surface area contributed by atoms with Crippen LogP contribution in [-0.4, -0.2) is 142 Å². The van der Waals surface area contributed by atoms with Gasteiger partial charge in [0.1, 0.15) is 36.6 Å². The van der Waals surface area contributed by atoms with Gasteiger partial charge in [-0.3, -0.25) is 0 Å². The van der Waals surface area contributed by atoms with Crippen LogP contribution in [0.1, 0.15) is 92.4 Å². The molecule has 4 saturated carbocycles. The molecule has 7 N–H and O–H groups in total. The number of fused-ring (bicyclic) bond motifs is 5. The smallest absolute Gasteiger partial charge is 0.187 e. The zero-order valence-corrected chi connectivity index (χ0v) is 32.3. The lowest BCUT2D eigenvalue weighted by Crippen LogP contribution is -2.68. The average molecular weight is 745 g/mol. The first-order valence-electron chi connectivity index (χ1n) is 19.9. The monoisotopic (exact) mass is 744 g/mol. The first-order valence-corrected chi connectivity index (χ1v) is 19.9. The molecule has 2 saturated heterocycles. The highest BCUT2D eigenvalue weighted by Crippen LogP contribution is 2.69. The Hall–Kier alpha value is -0.520. The van der Waals surface area contributed by atoms with Crippen LogP contribution in [0.4, 0.5) is 0 Å². The molecule has 13 heteroatoms. The van der Waals surface area contributed by atoms with Crippen LogP contribution < -0.4 is 0 Å². The Labute approximate surface area is 309 Å². The van der Waals surface area contributed by atoms with E-state index in [1.54, 1.807) is 0 Å². The van der Waals surface area contributed by atoms with E-state index in [-0.39, 0.29) is 65.5 Å². The number of aliphatic hydroxyl groups excluding tert-OH is 6. The minimum atomic E-state index is -1.22. The molecular formula is C39H68O13. The van der Waals surface area contributed by atoms with Gasteiger partial charge in [-0.15, -0.1) is 0 Å². The Kier molecular flexibility index (Phi) is 12.5. The predicted octanol–water partition coefficient (Wildman–Crippen LogP) is 1.73. The third-order valence-electron chi connectivity index (χ3n) is 15.1. The van der Waals surface area contributed by atoms with Crippen molar-refractivity contribution >= 4 is 0 Å². The summed E-state index contributed by atoms with van der Waals surface area (Å²) in [5.41, 5.74) is -1.78. The highest BCUT2D eigenvalue weighted by atomic mass is 16.8. The Morgan fingerprint density at radius 3 is 2.19 bits per heavy atom. The molecule has 20 atom stereocenters. The van der Waals surface area contributed by atoms with E-state index < -0.39 is 79.7 Å². The number of rotatable bonds is 12. The summed E-state index contributed by atoms with van der Waals surface area (Å²) in [6.07, 6.45) is -3.85. The molecule has 6 fully saturated rings. The number of ether oxygens (including phenoxy) is 6. The Morgan fingerprint density at radius 1 is 0.827 bits per heavy atom. The van der Waals surface area contributed by atoms with Crippen LogP contribution in [0, 0.1) is 46.3 Å². The van der Waals surface area contributed by atoms with Gasteiger partial charge < -0.3 is 64.2 Å². The van der Waals surface area contributed by atoms with Gasteiger partial charge in [0.15, 0.2) is 12.6 Å². The van der Waals surface area contributed by atoms with Gasteiger partial charge in [0.2, 0.25) is 0 Å². The van der Waals surface area contributed by atoms with Crippen molar-refractivity contribution in [3.8, 4) is 0 Å². The predicted molar refractivity (Wildman–Crippen MR) is 188 cm³/mol. The number of hydrogen-bond acceptors (Lipinski definition) is 13. The lowest BCUT2D eigenvalue weighted by Gasteiger charge is -2.66. The normalized spacial score (nSPS) is 51.9. The lowest BCUT2D eigenvalue weighted by molar-refractivity contribution is -0.313. The number of methoxy groups -OCH3 is 2. The summed E-state index contributed by atoms with van der Waals surface area (Å²) in [6.45, 7) is 10.4. The van der Waals surface area contributed by atoms with Crippen molar-refractivity contribution in [2.24, 2.45) is 46.3 Å². The molecule has 6 aliphatic rings. The van der Waals surface area contributed by atoms with E-state index >= 15 is 0 Å². The SMILES string of the molecule is COC1COC(OC2C(O[C@@H](CC[C@@H](C)[C@H]3C[C@@H](O)C4[C@]5(O)C[C@@H](O)C6C[C@@H](O)CC[C@]6(C)C5CC[C@@]43C)C(C)C)OC(CO)C2O)C(OC)C1O. The van der Waals surface area contributed by atoms with Crippen LogP contribution in [-0.2, 0) is 28.4 Å². The van der Waals surface area contributed by atoms with Crippen LogP contribution in [0.3, 0.4) is 0 Å². The van der Waals surface area contributed by atoms with Gasteiger partial charge in [0, 0.05) is 26.6 Å². The maximum Gasteiger partial charge on any atom is 0.187 e. The van der Waals surface area contributed by atoms with Crippen molar-refractivity contribution in [3.63, 3.8) is 0 Å². The standard InChI is InChI=1S/C39H68O13/c1-19(2)26(50-36-33(30(44)27(17-40)51-36)52-35-32(48-7)31(45)28(47-6)18-49-35)9-8-20(3)22-15-24(42)34-38(22,5)13-11-29-37(4)12-10-21(41)14-23(37)25(43)16-39(29,34)46/h19-36,40-46H,8-18H2,1-7H3/t20-,21+,22-,23?,24-,25-,26+,27?,28?,29?,30?,31?,32?,33?,34?,35?,36?,37+,38-,39+/m1/s1. The number of aliphatic hydroxyl groups is 7. The van der Waals surface area contributed by atoms with E-state index in [0.29, 0.717) is 25.7 Å². The minimum Gasteiger partial charge on any atom is -0.394 e. The summed E-state index contributed by atoms with van der Waals surface area (Å²) < 4.78 is 35.4. The molecule has 0 aromatic rings. The molecule has 2 heterocycles. The van der Waals surface area contributed by atoms with Crippen LogP contribution in [0.15, 0.2) is 0 Å². The van der Waals surface area contributed by atoms with E-state index in [9.17, 15) is 35.7 Å². The molecule has 13 nitrogen and oxygen atoms in total. The van der Waals surface area contributed by atoms with Crippen LogP contribution >= 0.6 is 0 Å². The Bertz CT molecular complexity index is 1190. The fraction of sp³-hybridized carbons (Fsp3) is 1.00. The third kappa shape index (κ3) is 7.05. The molecule has 0 bridgehead atoms. The highest BCUT2D eigenvalue weighted by molar-refractivity contribution is 5.20. The lowest BCUT2D eigenvalue weighted by atomic mass is 9.42. The van der Waals surface area contributed by atoms with E-state index in [2.05, 4.69) is 34.6 Å². The van der Waals surface area contributed by atoms with Gasteiger partial charge >= 0.3 is 0 Å². The second kappa shape index (κ2) is 15.8. The van der Waals surface area contributed by atoms with Gasteiger partial charge in [-0.25, -0.2) is 0 Å². The molecule has 0 aromatic carbocycles. The Balaban J connectivity index is 1.13. The largest absolute Gasteiger partial charge is 0.394 e. The molecule has 6 rings (SSSR count). The van der Waals surface area contributed by atoms with E-state index in [4.69, 9.17) is 28.4 Å². The number of hydrogen-bond donors (Lipinski definition) is 7. The topological polar surface area (TPSA) is 197 Å². The summed E-state index contributed by atoms with van der Waals surface area (Å²) in [5, 5.41) is 78.2. The second-order valence-electron chi connectivity index (χ2n) is 18.2. The molecular weight excluding hydrogens is 676 g/mol. The third-order valence-corrected chi connectivity index (χ3v) is 15.1. The maximum absolute atomic E-state index is 12.7. The van der Waals surface area contributed by atoms with Crippen molar-refractivity contribution in [1.29, 1.82) is 0 Å². The van der Waals surface area contributed by atoms with E-state index in [1.165, 1.54) is 14.2 Å². The first kappa shape index (κ1) is 41.1. The van der Waals surface area contributed by atoms with Gasteiger partial charge in [-0.1, -0.05) is 34.6 Å². The molecule has 52 heavy (non-hydrogen) atoms. The average Bonchev–Trinajstić information content (AvgIpc) is 3.55. The van der Waals surface area contributed by atoms with E-state index in [0.717, 1.165) is 25.7 Å². The fourth-order valence-corrected chi connectivity index (χ4v) is 12.4. The van der Waals surface area contributed by atoms with Crippen LogP contribution in [0.25, 0.3) is 0 Å². The van der Waals surface area contributed by atoms with Gasteiger partial charge in [0.25, 0.3) is 0 Å². The van der Waals surface area contributed by atoms with Crippen molar-refractivity contribution in [1.82, 2.24) is 0 Å². The van der Waals surface area contributed by atoms with Crippen LogP contribution in [0.2, 0.25) is 0 Å². The van der Waals surface area contributed by atoms with Crippen molar-refractivity contribution in [3.05, 3.63) is 0 Å². The van der Waals surface area contributed by atoms with Gasteiger partial charge in [-0.05, 0) is 91.8 Å². The molecule has 302 valence electrons. The molecule has 4 aliphatic carbocycles. The van der Waals surface area contributed by atoms with Crippen molar-refractivity contribution in [2.45, 2.75) is 172 Å². The van der Waals surface area contributed by atoms with Crippen LogP contribution in [0.5, 0.6) is 0 Å². The zero-order chi connectivity index (χ0) is 37.9. The maximum atomic E-state index is 12.7. The summed E-state index contributed by atoms with van der Waals surface area (Å²) in [7, 11) is 2.91. The van der Waals surface area contributed by atoms with Gasteiger partial charge in [0.05, 0.1) is 43.2 Å². The zero-order valence-electron chi connectivity index (χ0n) is 32.3.